The van der Waals surface area contributed by atoms with Gasteiger partial charge in [-0.05, 0) is 64.2 Å². The summed E-state index contributed by atoms with van der Waals surface area (Å²) in [6, 6.07) is -1.18. The highest BCUT2D eigenvalue weighted by atomic mass is 16.7. The van der Waals surface area contributed by atoms with Crippen LogP contribution in [0.3, 0.4) is 0 Å². The Balaban J connectivity index is 2.42. The number of ether oxygens (including phenoxy) is 2. The zero-order valence-corrected chi connectivity index (χ0v) is 36.8. The van der Waals surface area contributed by atoms with Crippen LogP contribution in [0.25, 0.3) is 0 Å². The lowest BCUT2D eigenvalue weighted by molar-refractivity contribution is -0.303. The van der Waals surface area contributed by atoms with E-state index in [2.05, 4.69) is 43.5 Å². The first-order chi connectivity index (χ1) is 28.2. The van der Waals surface area contributed by atoms with Gasteiger partial charge in [-0.25, -0.2) is 0 Å². The molecule has 58 heavy (non-hydrogen) atoms. The highest BCUT2D eigenvalue weighted by molar-refractivity contribution is 5.80. The largest absolute Gasteiger partial charge is 0.394 e. The van der Waals surface area contributed by atoms with Crippen LogP contribution < -0.4 is 5.32 Å². The van der Waals surface area contributed by atoms with Crippen molar-refractivity contribution in [3.8, 4) is 0 Å². The molecule has 1 aliphatic rings. The minimum absolute atomic E-state index is 0.248. The topological polar surface area (TPSA) is 189 Å². The van der Waals surface area contributed by atoms with E-state index >= 15 is 0 Å². The Bertz CT molecular complexity index is 997. The zero-order chi connectivity index (χ0) is 42.6. The van der Waals surface area contributed by atoms with Crippen molar-refractivity contribution in [2.24, 2.45) is 0 Å². The SMILES string of the molecule is CCCCCCCC/C=C/CCCC(O)C(O)C(COC1OC(CO)C(O)C(O)C1O)NC(=O)C(O)CCCCCCCC/C=C\CCCCCCCCCCCC. The molecule has 0 aromatic carbocycles. The van der Waals surface area contributed by atoms with Gasteiger partial charge in [-0.3, -0.25) is 4.79 Å². The van der Waals surface area contributed by atoms with E-state index in [-0.39, 0.29) is 12.8 Å². The van der Waals surface area contributed by atoms with Gasteiger partial charge in [-0.15, -0.1) is 0 Å². The van der Waals surface area contributed by atoms with Crippen molar-refractivity contribution >= 4 is 5.91 Å². The summed E-state index contributed by atoms with van der Waals surface area (Å²) >= 11 is 0. The Kier molecular flexibility index (Phi) is 35.2. The molecule has 9 atom stereocenters. The first-order valence-electron chi connectivity index (χ1n) is 23.7. The van der Waals surface area contributed by atoms with E-state index in [1.807, 2.05) is 0 Å². The monoisotopic (exact) mass is 828 g/mol. The lowest BCUT2D eigenvalue weighted by Crippen LogP contribution is -2.60. The van der Waals surface area contributed by atoms with Gasteiger partial charge in [0, 0.05) is 0 Å². The first kappa shape index (κ1) is 54.6. The molecule has 0 aromatic heterocycles. The molecule has 0 bridgehead atoms. The molecular formula is C47H89NO10. The van der Waals surface area contributed by atoms with Crippen LogP contribution >= 0.6 is 0 Å². The van der Waals surface area contributed by atoms with Crippen LogP contribution in [-0.2, 0) is 14.3 Å². The number of nitrogens with one attached hydrogen (secondary N) is 1. The summed E-state index contributed by atoms with van der Waals surface area (Å²) in [4.78, 5) is 13.1. The third-order valence-electron chi connectivity index (χ3n) is 11.5. The molecule has 9 unspecified atom stereocenters. The van der Waals surface area contributed by atoms with Crippen molar-refractivity contribution in [2.75, 3.05) is 13.2 Å². The average molecular weight is 828 g/mol. The second kappa shape index (κ2) is 37.4. The van der Waals surface area contributed by atoms with Crippen molar-refractivity contribution in [3.05, 3.63) is 24.3 Å². The predicted octanol–water partition coefficient (Wildman–Crippen LogP) is 7.84. The fraction of sp³-hybridized carbons (Fsp3) is 0.894. The average Bonchev–Trinajstić information content (AvgIpc) is 3.22. The van der Waals surface area contributed by atoms with E-state index in [0.29, 0.717) is 12.8 Å². The molecule has 1 fully saturated rings. The highest BCUT2D eigenvalue weighted by Crippen LogP contribution is 2.23. The third-order valence-corrected chi connectivity index (χ3v) is 11.5. The molecule has 0 aromatic rings. The lowest BCUT2D eigenvalue weighted by atomic mass is 9.98. The fourth-order valence-corrected chi connectivity index (χ4v) is 7.49. The molecule has 11 heteroatoms. The summed E-state index contributed by atoms with van der Waals surface area (Å²) in [5, 5.41) is 75.5. The second-order valence-electron chi connectivity index (χ2n) is 16.8. The molecule has 0 spiro atoms. The zero-order valence-electron chi connectivity index (χ0n) is 36.8. The maximum absolute atomic E-state index is 13.1. The Morgan fingerprint density at radius 2 is 1.02 bits per heavy atom. The molecule has 0 saturated carbocycles. The smallest absolute Gasteiger partial charge is 0.249 e. The predicted molar refractivity (Wildman–Crippen MR) is 233 cm³/mol. The number of rotatable bonds is 39. The summed E-state index contributed by atoms with van der Waals surface area (Å²) in [7, 11) is 0. The Morgan fingerprint density at radius 1 is 0.586 bits per heavy atom. The number of aliphatic hydroxyl groups excluding tert-OH is 7. The van der Waals surface area contributed by atoms with Crippen molar-refractivity contribution in [1.82, 2.24) is 5.32 Å². The Hall–Kier alpha value is -1.41. The van der Waals surface area contributed by atoms with Gasteiger partial charge in [0.1, 0.15) is 36.6 Å². The number of unbranched alkanes of at least 4 members (excludes halogenated alkanes) is 23. The summed E-state index contributed by atoms with van der Waals surface area (Å²) in [6.07, 6.45) is 29.5. The van der Waals surface area contributed by atoms with Gasteiger partial charge in [0.05, 0.1) is 25.4 Å². The van der Waals surface area contributed by atoms with Gasteiger partial charge in [0.25, 0.3) is 0 Å². The fourth-order valence-electron chi connectivity index (χ4n) is 7.49. The lowest BCUT2D eigenvalue weighted by Gasteiger charge is -2.40. The Labute approximate surface area is 353 Å². The van der Waals surface area contributed by atoms with Crippen LogP contribution in [0.1, 0.15) is 200 Å². The quantitative estimate of drug-likeness (QED) is 0.0224. The maximum atomic E-state index is 13.1. The van der Waals surface area contributed by atoms with Gasteiger partial charge in [0.15, 0.2) is 6.29 Å². The molecule has 11 nitrogen and oxygen atoms in total. The van der Waals surface area contributed by atoms with Crippen LogP contribution in [0.15, 0.2) is 24.3 Å². The van der Waals surface area contributed by atoms with Crippen molar-refractivity contribution in [3.63, 3.8) is 0 Å². The molecule has 1 saturated heterocycles. The second-order valence-corrected chi connectivity index (χ2v) is 16.8. The van der Waals surface area contributed by atoms with Crippen molar-refractivity contribution < 1.29 is 50.0 Å². The van der Waals surface area contributed by atoms with E-state index in [1.54, 1.807) is 0 Å². The number of aliphatic hydroxyl groups is 7. The van der Waals surface area contributed by atoms with Crippen LogP contribution in [0.5, 0.6) is 0 Å². The van der Waals surface area contributed by atoms with Crippen molar-refractivity contribution in [1.29, 1.82) is 0 Å². The molecule has 1 heterocycles. The summed E-state index contributed by atoms with van der Waals surface area (Å²) in [5.74, 6) is -0.712. The number of hydrogen-bond donors (Lipinski definition) is 8. The summed E-state index contributed by atoms with van der Waals surface area (Å²) in [5.41, 5.74) is 0. The molecule has 1 amide bonds. The summed E-state index contributed by atoms with van der Waals surface area (Å²) < 4.78 is 11.1. The van der Waals surface area contributed by atoms with E-state index in [0.717, 1.165) is 57.8 Å². The van der Waals surface area contributed by atoms with Crippen LogP contribution in [0.4, 0.5) is 0 Å². The number of carbonyl (C=O) groups excluding carboxylic acids is 1. The highest BCUT2D eigenvalue weighted by Gasteiger charge is 2.44. The number of allylic oxidation sites excluding steroid dienone is 4. The standard InChI is InChI=1S/C47H89NO10/c1-3-5-7-9-11-13-15-16-17-18-19-20-21-22-23-25-27-29-31-33-35-40(51)46(56)48-38(37-57-47-45(55)44(54)43(53)41(36-49)58-47)42(52)39(50)34-32-30-28-26-24-14-12-10-8-6-4-2/h20-21,26,28,38-45,47,49-55H,3-19,22-25,27,29-37H2,1-2H3,(H,48,56)/b21-20-,28-26+. The van der Waals surface area contributed by atoms with Gasteiger partial charge >= 0.3 is 0 Å². The van der Waals surface area contributed by atoms with Gasteiger partial charge in [0.2, 0.25) is 5.91 Å². The summed E-state index contributed by atoms with van der Waals surface area (Å²) in [6.45, 7) is 3.40. The van der Waals surface area contributed by atoms with Crippen LogP contribution in [-0.4, -0.2) is 110 Å². The molecular weight excluding hydrogens is 739 g/mol. The molecule has 8 N–H and O–H groups in total. The van der Waals surface area contributed by atoms with Crippen LogP contribution in [0.2, 0.25) is 0 Å². The Morgan fingerprint density at radius 3 is 1.48 bits per heavy atom. The van der Waals surface area contributed by atoms with E-state index < -0.39 is 74.2 Å². The van der Waals surface area contributed by atoms with E-state index in [1.165, 1.54) is 103 Å². The molecule has 0 aliphatic carbocycles. The van der Waals surface area contributed by atoms with E-state index in [4.69, 9.17) is 9.47 Å². The molecule has 342 valence electrons. The van der Waals surface area contributed by atoms with E-state index in [9.17, 15) is 40.5 Å². The minimum Gasteiger partial charge on any atom is -0.394 e. The molecule has 1 aliphatic heterocycles. The van der Waals surface area contributed by atoms with Gasteiger partial charge < -0.3 is 50.5 Å². The number of amides is 1. The normalized spacial score (nSPS) is 22.1. The number of hydrogen-bond acceptors (Lipinski definition) is 10. The molecule has 0 radical (unpaired) electrons. The first-order valence-corrected chi connectivity index (χ1v) is 23.7. The maximum Gasteiger partial charge on any atom is 0.249 e. The van der Waals surface area contributed by atoms with Gasteiger partial charge in [-0.2, -0.15) is 0 Å². The van der Waals surface area contributed by atoms with Crippen molar-refractivity contribution in [2.45, 2.75) is 255 Å². The number of carbonyl (C=O) groups is 1. The van der Waals surface area contributed by atoms with Crippen LogP contribution in [0, 0.1) is 0 Å². The third kappa shape index (κ3) is 26.7. The molecule has 1 rings (SSSR count). The minimum atomic E-state index is -1.67. The van der Waals surface area contributed by atoms with Gasteiger partial charge in [-0.1, -0.05) is 160 Å².